The molecule has 0 saturated heterocycles. The zero-order valence-electron chi connectivity index (χ0n) is 84.8. The Hall–Kier alpha value is -17.7. The molecule has 720 valence electrons. The second-order valence-corrected chi connectivity index (χ2v) is 42.7. The van der Waals surface area contributed by atoms with E-state index in [1.54, 1.807) is 0 Å². The molecule has 2 unspecified atom stereocenters. The van der Waals surface area contributed by atoms with Gasteiger partial charge in [0.2, 0.25) is 0 Å². The zero-order valence-corrected chi connectivity index (χ0v) is 84.8. The molecule has 9 aromatic heterocycles. The minimum atomic E-state index is -0.347. The highest BCUT2D eigenvalue weighted by molar-refractivity contribution is 6.17. The number of hydrogen-bond acceptors (Lipinski definition) is 0. The van der Waals surface area contributed by atoms with Crippen LogP contribution in [0.4, 0.5) is 0 Å². The van der Waals surface area contributed by atoms with Crippen LogP contribution in [0, 0.1) is 5.92 Å². The van der Waals surface area contributed by atoms with Crippen molar-refractivity contribution in [3.8, 4) is 51.2 Å². The summed E-state index contributed by atoms with van der Waals surface area (Å²) in [5.41, 5.74) is 37.8. The van der Waals surface area contributed by atoms with E-state index >= 15 is 0 Å². The van der Waals surface area contributed by atoms with Crippen molar-refractivity contribution in [2.24, 2.45) is 5.92 Å². The maximum Gasteiger partial charge on any atom is 0.0541 e. The first-order valence-corrected chi connectivity index (χ1v) is 54.3. The summed E-state index contributed by atoms with van der Waals surface area (Å²) in [6, 6.07) is 163. The van der Waals surface area contributed by atoms with Gasteiger partial charge in [-0.15, -0.1) is 0 Å². The lowest BCUT2D eigenvalue weighted by Crippen LogP contribution is -2.33. The third kappa shape index (κ3) is 13.1. The molecule has 0 radical (unpaired) electrons. The van der Waals surface area contributed by atoms with E-state index < -0.39 is 0 Å². The fourth-order valence-electron chi connectivity index (χ4n) is 28.0. The average Bonchev–Trinajstić information content (AvgIpc) is 1.57. The summed E-state index contributed by atoms with van der Waals surface area (Å²) >= 11 is 0. The van der Waals surface area contributed by atoms with E-state index in [0.717, 1.165) is 109 Å². The van der Waals surface area contributed by atoms with Crippen LogP contribution < -0.4 is 0 Å². The summed E-state index contributed by atoms with van der Waals surface area (Å²) in [6.07, 6.45) is 22.5. The van der Waals surface area contributed by atoms with Crippen LogP contribution in [0.1, 0.15) is 131 Å². The molecule has 0 spiro atoms. The summed E-state index contributed by atoms with van der Waals surface area (Å²) in [4.78, 5) is 0. The molecule has 150 heavy (non-hydrogen) atoms. The standard InChI is InChI=1S/C141H111N9/c1-5-8-9-38-77-140(4,91-67-71-136-118(78-91)114-49-20-34-63-132(114)147(136)100-84-95(142-122-53-24-10-39-104(122)105-40-11-25-54-123(105)142)82-96(85-100)143-124-55-26-12-41-106(124)107-42-13-27-56-125(107)143)92-68-72-137-119(79-92)115-50-21-35-64-133(115)148(137)102-88-99(146-130-61-32-18-47-112(130)113-48-19-33-62-131(113)146)89-103(90-102)150-135-66-37-23-52-117(135)121-81-94(70-74-139(121)150)141(75-6-2,76-7-3)93-69-73-138-120(80-93)116-51-22-36-65-134(116)149(138)101-86-97(144-126-57-28-14-43-108(126)109-44-15-29-58-127(109)144)83-98(87-101)145-128-59-30-16-45-110(128)111-46-17-31-60-129(111)145/h10-26,28-37,39-55,57-74,78,80-90,92H,5-9,27,38,56,75-77,79H2,1-4H3. The van der Waals surface area contributed by atoms with Crippen molar-refractivity contribution >= 4 is 187 Å². The first-order chi connectivity index (χ1) is 74.1. The Morgan fingerprint density at radius 3 is 0.807 bits per heavy atom. The fourth-order valence-corrected chi connectivity index (χ4v) is 28.0. The van der Waals surface area contributed by atoms with E-state index in [0.29, 0.717) is 0 Å². The van der Waals surface area contributed by atoms with Gasteiger partial charge in [-0.1, -0.05) is 339 Å². The summed E-state index contributed by atoms with van der Waals surface area (Å²) in [6.45, 7) is 9.76. The van der Waals surface area contributed by atoms with Gasteiger partial charge in [-0.25, -0.2) is 0 Å². The van der Waals surface area contributed by atoms with Gasteiger partial charge in [0.15, 0.2) is 0 Å². The third-order valence-corrected chi connectivity index (χ3v) is 34.6. The van der Waals surface area contributed by atoms with Crippen LogP contribution in [-0.2, 0) is 23.7 Å². The van der Waals surface area contributed by atoms with Gasteiger partial charge in [-0.05, 0) is 248 Å². The molecule has 0 fully saturated rings. The van der Waals surface area contributed by atoms with E-state index in [1.165, 1.54) is 233 Å². The van der Waals surface area contributed by atoms with Gasteiger partial charge < -0.3 is 41.1 Å². The molecule has 0 aliphatic heterocycles. The monoisotopic (exact) mass is 1930 g/mol. The normalized spacial score (nSPS) is 14.0. The largest absolute Gasteiger partial charge is 0.313 e. The van der Waals surface area contributed by atoms with E-state index in [9.17, 15) is 0 Å². The molecular weight excluding hydrogens is 1820 g/mol. The molecule has 0 bridgehead atoms. The molecule has 0 N–H and O–H groups in total. The van der Waals surface area contributed by atoms with E-state index in [-0.39, 0.29) is 16.7 Å². The molecule has 9 nitrogen and oxygen atoms in total. The van der Waals surface area contributed by atoms with Gasteiger partial charge in [-0.3, -0.25) is 0 Å². The first-order valence-electron chi connectivity index (χ1n) is 54.3. The SMILES string of the molecule is CCCCCCC(C)(c1ccc2c(c1)c1ccccc1n2-c1cc(-n2c3c(c4ccccc42)C=CCC3)cc(-n2c3ccccc3c3ccccc32)c1)C1C=Cc2c(c3ccccc3n2-c2cc(-n3c4ccccc4c4ccccc43)cc(-n3c4ccccc4c4cc(C(CCC)(CCC)c5ccc6c(c5)c5ccccc5n6-c5cc(-n6c7ccccc7c7ccccc76)cc(-n6c7ccccc7c7ccccc76)c5)ccc43)c2)C1. The topological polar surface area (TPSA) is 44.4 Å². The molecule has 30 rings (SSSR count). The lowest BCUT2D eigenvalue weighted by atomic mass is 9.65. The minimum absolute atomic E-state index is 0.168. The van der Waals surface area contributed by atoms with Gasteiger partial charge >= 0.3 is 0 Å². The predicted octanol–water partition coefficient (Wildman–Crippen LogP) is 37.2. The molecule has 2 aliphatic rings. The smallest absolute Gasteiger partial charge is 0.0541 e. The minimum Gasteiger partial charge on any atom is -0.313 e. The highest BCUT2D eigenvalue weighted by Gasteiger charge is 2.40. The molecule has 9 heteroatoms. The van der Waals surface area contributed by atoms with Crippen LogP contribution in [-0.4, -0.2) is 41.1 Å². The van der Waals surface area contributed by atoms with Crippen LogP contribution in [0.3, 0.4) is 0 Å². The second-order valence-electron chi connectivity index (χ2n) is 42.7. The lowest BCUT2D eigenvalue weighted by Gasteiger charge is -2.39. The Kier molecular flexibility index (Phi) is 20.2. The van der Waals surface area contributed by atoms with Crippen LogP contribution in [0.25, 0.3) is 238 Å². The van der Waals surface area contributed by atoms with Gasteiger partial charge in [0.25, 0.3) is 0 Å². The number of unbranched alkanes of at least 4 members (excludes halogenated alkanes) is 3. The molecule has 0 amide bonds. The van der Waals surface area contributed by atoms with Crippen LogP contribution >= 0.6 is 0 Å². The summed E-state index contributed by atoms with van der Waals surface area (Å²) in [7, 11) is 0. The number of para-hydroxylation sites is 13. The quantitative estimate of drug-likeness (QED) is 0.0607. The summed E-state index contributed by atoms with van der Waals surface area (Å²) in [5.74, 6) is 0.168. The Morgan fingerprint density at radius 2 is 0.487 bits per heavy atom. The Labute approximate surface area is 870 Å². The van der Waals surface area contributed by atoms with Gasteiger partial charge in [0, 0.05) is 109 Å². The van der Waals surface area contributed by atoms with Crippen molar-refractivity contribution in [3.05, 3.63) is 476 Å². The van der Waals surface area contributed by atoms with E-state index in [1.807, 2.05) is 0 Å². The number of benzene rings is 19. The maximum absolute atomic E-state index is 2.64. The molecule has 2 aliphatic carbocycles. The van der Waals surface area contributed by atoms with Crippen molar-refractivity contribution < 1.29 is 0 Å². The first kappa shape index (κ1) is 87.7. The van der Waals surface area contributed by atoms with E-state index in [2.05, 4.69) is 518 Å². The van der Waals surface area contributed by atoms with Gasteiger partial charge in [0.05, 0.1) is 139 Å². The molecule has 19 aromatic carbocycles. The van der Waals surface area contributed by atoms with Crippen molar-refractivity contribution in [2.45, 2.75) is 116 Å². The average molecular weight is 1930 g/mol. The number of allylic oxidation sites excluding steroid dienone is 2. The lowest BCUT2D eigenvalue weighted by molar-refractivity contribution is 0.308. The Morgan fingerprint density at radius 1 is 0.227 bits per heavy atom. The van der Waals surface area contributed by atoms with Crippen molar-refractivity contribution in [1.82, 2.24) is 41.1 Å². The fraction of sp³-hybridized carbons (Fsp3) is 0.135. The maximum atomic E-state index is 2.64. The van der Waals surface area contributed by atoms with Crippen molar-refractivity contribution in [2.75, 3.05) is 0 Å². The highest BCUT2D eigenvalue weighted by atomic mass is 15.1. The Bertz CT molecular complexity index is 10200. The molecule has 28 aromatic rings. The number of nitrogens with zero attached hydrogens (tertiary/aromatic N) is 9. The summed E-state index contributed by atoms with van der Waals surface area (Å²) in [5, 5.41) is 20.0. The highest BCUT2D eigenvalue weighted by Crippen LogP contribution is 2.53. The van der Waals surface area contributed by atoms with E-state index in [4.69, 9.17) is 0 Å². The van der Waals surface area contributed by atoms with Crippen molar-refractivity contribution in [1.29, 1.82) is 0 Å². The predicted molar refractivity (Wildman–Crippen MR) is 634 cm³/mol. The van der Waals surface area contributed by atoms with Crippen LogP contribution in [0.15, 0.2) is 437 Å². The number of rotatable bonds is 22. The number of fused-ring (bicyclic) bond motifs is 27. The van der Waals surface area contributed by atoms with Crippen molar-refractivity contribution in [3.63, 3.8) is 0 Å². The third-order valence-electron chi connectivity index (χ3n) is 34.6. The molecule has 2 atom stereocenters. The van der Waals surface area contributed by atoms with Crippen LogP contribution in [0.5, 0.6) is 0 Å². The molecule has 9 heterocycles. The van der Waals surface area contributed by atoms with Crippen LogP contribution in [0.2, 0.25) is 0 Å². The number of hydrogen-bond donors (Lipinski definition) is 0. The molecule has 0 saturated carbocycles. The second kappa shape index (κ2) is 34.5. The molecular formula is C141H111N9. The summed E-state index contributed by atoms with van der Waals surface area (Å²) < 4.78 is 23.0. The Balaban J connectivity index is 0.563. The zero-order chi connectivity index (χ0) is 99.3. The van der Waals surface area contributed by atoms with Gasteiger partial charge in [-0.2, -0.15) is 0 Å². The number of aromatic nitrogens is 9. The van der Waals surface area contributed by atoms with Gasteiger partial charge in [0.1, 0.15) is 0 Å².